The summed E-state index contributed by atoms with van der Waals surface area (Å²) < 4.78 is 5.79. The van der Waals surface area contributed by atoms with Crippen LogP contribution in [0.4, 0.5) is 5.69 Å². The zero-order valence-electron chi connectivity index (χ0n) is 18.6. The Hall–Kier alpha value is -2.56. The first kappa shape index (κ1) is 23.7. The van der Waals surface area contributed by atoms with Crippen molar-refractivity contribution in [3.05, 3.63) is 39.7 Å². The third-order valence-electron chi connectivity index (χ3n) is 3.99. The largest absolute Gasteiger partial charge is 0.478 e. The Morgan fingerprint density at radius 1 is 1.37 bits per heavy atom. The van der Waals surface area contributed by atoms with E-state index in [1.165, 1.54) is 11.3 Å². The summed E-state index contributed by atoms with van der Waals surface area (Å²) in [5, 5.41) is 12.8. The average molecular weight is 430 g/mol. The highest BCUT2D eigenvalue weighted by molar-refractivity contribution is 7.15. The number of aromatic carboxylic acids is 1. The molecule has 0 spiro atoms. The molecule has 2 aromatic heterocycles. The number of anilines is 1. The Bertz CT molecular complexity index is 920. The summed E-state index contributed by atoms with van der Waals surface area (Å²) in [7, 11) is 4.04. The molecule has 1 atom stereocenters. The van der Waals surface area contributed by atoms with Crippen LogP contribution < -0.4 is 10.1 Å². The predicted octanol–water partition coefficient (Wildman–Crippen LogP) is 4.57. The number of carboxylic acids is 1. The number of hydrogen-bond acceptors (Lipinski definition) is 6. The van der Waals surface area contributed by atoms with E-state index in [0.717, 1.165) is 17.0 Å². The zero-order valence-corrected chi connectivity index (χ0v) is 19.4. The van der Waals surface area contributed by atoms with Gasteiger partial charge in [0.15, 0.2) is 0 Å². The lowest BCUT2D eigenvalue weighted by molar-refractivity contribution is 0.0703. The van der Waals surface area contributed by atoms with Crippen LogP contribution in [0.15, 0.2) is 24.4 Å². The van der Waals surface area contributed by atoms with Gasteiger partial charge in [0, 0.05) is 36.7 Å². The molecule has 0 unspecified atom stereocenters. The van der Waals surface area contributed by atoms with Crippen LogP contribution in [0.2, 0.25) is 0 Å². The zero-order chi connectivity index (χ0) is 22.3. The second-order valence-corrected chi connectivity index (χ2v) is 9.63. The van der Waals surface area contributed by atoms with Gasteiger partial charge >= 0.3 is 5.97 Å². The van der Waals surface area contributed by atoms with Crippen LogP contribution in [0.25, 0.3) is 0 Å². The first-order valence-corrected chi connectivity index (χ1v) is 10.7. The van der Waals surface area contributed by atoms with Crippen molar-refractivity contribution in [2.24, 2.45) is 5.41 Å². The maximum Gasteiger partial charge on any atom is 0.348 e. The van der Waals surface area contributed by atoms with E-state index in [9.17, 15) is 9.90 Å². The lowest BCUT2D eigenvalue weighted by atomic mass is 9.98. The number of aromatic nitrogens is 1. The van der Waals surface area contributed by atoms with Crippen molar-refractivity contribution in [3.8, 4) is 17.7 Å². The fourth-order valence-corrected chi connectivity index (χ4v) is 3.45. The molecule has 0 fully saturated rings. The van der Waals surface area contributed by atoms with Gasteiger partial charge < -0.3 is 20.1 Å². The minimum Gasteiger partial charge on any atom is -0.478 e. The van der Waals surface area contributed by atoms with Gasteiger partial charge in [-0.05, 0) is 59.5 Å². The first-order valence-electron chi connectivity index (χ1n) is 9.93. The van der Waals surface area contributed by atoms with Gasteiger partial charge in [-0.2, -0.15) is 0 Å². The topological polar surface area (TPSA) is 74.7 Å². The smallest absolute Gasteiger partial charge is 0.348 e. The standard InChI is InChI=1S/C23H31N3O3S/c1-16(9-12-29-20-13-17(8-11-24-20)15-26(5)6)25-19-14-18(7-10-23(2,3)4)30-21(19)22(27)28/h8,11,13-14,16,25H,9,12,15H2,1-6H3,(H,27,28)/t16-/m0/s1. The van der Waals surface area contributed by atoms with E-state index in [0.29, 0.717) is 24.6 Å². The number of nitrogens with one attached hydrogen (secondary N) is 1. The van der Waals surface area contributed by atoms with E-state index >= 15 is 0 Å². The molecule has 0 bridgehead atoms. The van der Waals surface area contributed by atoms with Crippen LogP contribution in [0.5, 0.6) is 5.88 Å². The Kier molecular flexibility index (Phi) is 8.27. The maximum atomic E-state index is 11.6. The molecule has 0 aliphatic rings. The van der Waals surface area contributed by atoms with Crippen LogP contribution in [-0.4, -0.2) is 47.7 Å². The average Bonchev–Trinajstić information content (AvgIpc) is 3.02. The molecular formula is C23H31N3O3S. The Morgan fingerprint density at radius 3 is 2.73 bits per heavy atom. The molecule has 0 saturated heterocycles. The first-order chi connectivity index (χ1) is 14.0. The maximum absolute atomic E-state index is 11.6. The number of ether oxygens (including phenoxy) is 1. The highest BCUT2D eigenvalue weighted by Crippen LogP contribution is 2.28. The third-order valence-corrected chi connectivity index (χ3v) is 5.03. The fraction of sp³-hybridized carbons (Fsp3) is 0.478. The van der Waals surface area contributed by atoms with Gasteiger partial charge in [0.05, 0.1) is 17.2 Å². The van der Waals surface area contributed by atoms with Crippen molar-refractivity contribution in [1.82, 2.24) is 9.88 Å². The van der Waals surface area contributed by atoms with Crippen molar-refractivity contribution in [2.45, 2.75) is 46.7 Å². The monoisotopic (exact) mass is 429 g/mol. The molecule has 0 aliphatic heterocycles. The molecule has 162 valence electrons. The van der Waals surface area contributed by atoms with Crippen molar-refractivity contribution >= 4 is 23.0 Å². The number of hydrogen-bond donors (Lipinski definition) is 2. The van der Waals surface area contributed by atoms with E-state index in [-0.39, 0.29) is 16.3 Å². The van der Waals surface area contributed by atoms with Gasteiger partial charge in [-0.25, -0.2) is 9.78 Å². The molecule has 2 aromatic rings. The molecule has 7 heteroatoms. The van der Waals surface area contributed by atoms with E-state index in [4.69, 9.17) is 4.74 Å². The number of pyridine rings is 1. The number of nitrogens with zero attached hydrogens (tertiary/aromatic N) is 2. The lowest BCUT2D eigenvalue weighted by Gasteiger charge is -2.15. The van der Waals surface area contributed by atoms with Crippen LogP contribution in [0, 0.1) is 17.3 Å². The van der Waals surface area contributed by atoms with Gasteiger partial charge in [0.1, 0.15) is 4.88 Å². The minimum absolute atomic E-state index is 0.0334. The number of carboxylic acid groups (broad SMARTS) is 1. The normalized spacial score (nSPS) is 12.2. The summed E-state index contributed by atoms with van der Waals surface area (Å²) in [6.45, 7) is 9.39. The summed E-state index contributed by atoms with van der Waals surface area (Å²) in [5.41, 5.74) is 1.61. The van der Waals surface area contributed by atoms with E-state index in [1.54, 1.807) is 6.20 Å². The number of rotatable bonds is 9. The molecule has 2 heterocycles. The molecule has 2 N–H and O–H groups in total. The minimum atomic E-state index is -0.948. The molecule has 0 aromatic carbocycles. The summed E-state index contributed by atoms with van der Waals surface area (Å²) in [4.78, 5) is 19.0. The van der Waals surface area contributed by atoms with Crippen LogP contribution >= 0.6 is 11.3 Å². The summed E-state index contributed by atoms with van der Waals surface area (Å²) in [6.07, 6.45) is 2.46. The van der Waals surface area contributed by atoms with Crippen molar-refractivity contribution < 1.29 is 14.6 Å². The van der Waals surface area contributed by atoms with E-state index in [2.05, 4.69) is 27.0 Å². The molecule has 0 saturated carbocycles. The van der Waals surface area contributed by atoms with Gasteiger partial charge in [-0.3, -0.25) is 0 Å². The Labute approximate surface area is 183 Å². The summed E-state index contributed by atoms with van der Waals surface area (Å²) >= 11 is 1.20. The molecule has 30 heavy (non-hydrogen) atoms. The highest BCUT2D eigenvalue weighted by atomic mass is 32.1. The molecule has 2 rings (SSSR count). The second kappa shape index (κ2) is 10.5. The van der Waals surface area contributed by atoms with E-state index < -0.39 is 5.97 Å². The lowest BCUT2D eigenvalue weighted by Crippen LogP contribution is -2.19. The summed E-state index contributed by atoms with van der Waals surface area (Å²) in [6, 6.07) is 5.77. The Morgan fingerprint density at radius 2 is 2.10 bits per heavy atom. The summed E-state index contributed by atoms with van der Waals surface area (Å²) in [5.74, 6) is 5.89. The quantitative estimate of drug-likeness (QED) is 0.569. The van der Waals surface area contributed by atoms with Crippen molar-refractivity contribution in [3.63, 3.8) is 0 Å². The molecular weight excluding hydrogens is 398 g/mol. The third kappa shape index (κ3) is 8.05. The fourth-order valence-electron chi connectivity index (χ4n) is 2.64. The van der Waals surface area contributed by atoms with Crippen molar-refractivity contribution in [1.29, 1.82) is 0 Å². The molecule has 0 aliphatic carbocycles. The van der Waals surface area contributed by atoms with Gasteiger partial charge in [-0.15, -0.1) is 11.3 Å². The van der Waals surface area contributed by atoms with Gasteiger partial charge in [0.2, 0.25) is 5.88 Å². The van der Waals surface area contributed by atoms with Gasteiger partial charge in [0.25, 0.3) is 0 Å². The molecule has 0 radical (unpaired) electrons. The van der Waals surface area contributed by atoms with Crippen LogP contribution in [0.1, 0.15) is 54.2 Å². The number of thiophene rings is 1. The van der Waals surface area contributed by atoms with Crippen molar-refractivity contribution in [2.75, 3.05) is 26.0 Å². The van der Waals surface area contributed by atoms with Gasteiger partial charge in [-0.1, -0.05) is 11.8 Å². The SMILES string of the molecule is C[C@@H](CCOc1cc(CN(C)C)ccn1)Nc1cc(C#CC(C)(C)C)sc1C(=O)O. The predicted molar refractivity (Wildman–Crippen MR) is 122 cm³/mol. The molecule has 6 nitrogen and oxygen atoms in total. The number of carbonyl (C=O) groups is 1. The van der Waals surface area contributed by atoms with E-state index in [1.807, 2.05) is 60.0 Å². The van der Waals surface area contributed by atoms with Crippen LogP contribution in [0.3, 0.4) is 0 Å². The molecule has 0 amide bonds. The van der Waals surface area contributed by atoms with Crippen LogP contribution in [-0.2, 0) is 6.54 Å². The highest BCUT2D eigenvalue weighted by Gasteiger charge is 2.17. The second-order valence-electron chi connectivity index (χ2n) is 8.58. The Balaban J connectivity index is 1.96.